The van der Waals surface area contributed by atoms with Crippen LogP contribution in [0.15, 0.2) is 42.7 Å². The monoisotopic (exact) mass is 522 g/mol. The third-order valence-corrected chi connectivity index (χ3v) is 6.73. The van der Waals surface area contributed by atoms with Crippen molar-refractivity contribution < 1.29 is 17.9 Å². The highest BCUT2D eigenvalue weighted by Gasteiger charge is 2.33. The molecule has 36 heavy (non-hydrogen) atoms. The van der Waals surface area contributed by atoms with E-state index < -0.39 is 11.7 Å². The Kier molecular flexibility index (Phi) is 7.94. The number of rotatable bonds is 8. The normalized spacial score (nSPS) is 15.7. The number of alkyl halides is 3. The summed E-state index contributed by atoms with van der Waals surface area (Å²) in [5.41, 5.74) is 1.25. The molecule has 0 saturated carbocycles. The second-order valence-corrected chi connectivity index (χ2v) is 9.32. The molecule has 7 nitrogen and oxygen atoms in total. The van der Waals surface area contributed by atoms with Gasteiger partial charge in [0.25, 0.3) is 0 Å². The van der Waals surface area contributed by atoms with Crippen LogP contribution in [0.25, 0.3) is 0 Å². The van der Waals surface area contributed by atoms with E-state index in [4.69, 9.17) is 16.3 Å². The summed E-state index contributed by atoms with van der Waals surface area (Å²) in [6.07, 6.45) is 0.896. The van der Waals surface area contributed by atoms with Crippen LogP contribution in [0.3, 0.4) is 0 Å². The smallest absolute Gasteiger partial charge is 0.416 e. The van der Waals surface area contributed by atoms with Gasteiger partial charge in [-0.05, 0) is 37.5 Å². The fraction of sp³-hybridized carbons (Fsp3) is 0.440. The number of hydrogen-bond donors (Lipinski definition) is 2. The fourth-order valence-corrected chi connectivity index (χ4v) is 4.91. The van der Waals surface area contributed by atoms with Crippen molar-refractivity contribution in [2.24, 2.45) is 7.05 Å². The first-order chi connectivity index (χ1) is 17.2. The highest BCUT2D eigenvalue weighted by molar-refractivity contribution is 6.33. The van der Waals surface area contributed by atoms with Gasteiger partial charge < -0.3 is 20.3 Å². The molecule has 11 heteroatoms. The van der Waals surface area contributed by atoms with Crippen LogP contribution in [0.5, 0.6) is 5.88 Å². The van der Waals surface area contributed by atoms with Crippen molar-refractivity contribution in [3.8, 4) is 5.88 Å². The quantitative estimate of drug-likeness (QED) is 0.411. The molecule has 0 bridgehead atoms. The first-order valence-corrected chi connectivity index (χ1v) is 12.2. The Morgan fingerprint density at radius 2 is 1.92 bits per heavy atom. The van der Waals surface area contributed by atoms with Gasteiger partial charge in [-0.3, -0.25) is 4.68 Å². The molecule has 2 N–H and O–H groups in total. The Balaban J connectivity index is 1.39. The Morgan fingerprint density at radius 1 is 1.19 bits per heavy atom. The van der Waals surface area contributed by atoms with Gasteiger partial charge in [0.1, 0.15) is 5.69 Å². The van der Waals surface area contributed by atoms with E-state index >= 15 is 0 Å². The molecule has 0 amide bonds. The minimum absolute atomic E-state index is 0.0263. The first kappa shape index (κ1) is 26.1. The van der Waals surface area contributed by atoms with Gasteiger partial charge in [0, 0.05) is 56.7 Å². The summed E-state index contributed by atoms with van der Waals surface area (Å²) in [7, 11) is 3.38. The molecule has 194 valence electrons. The zero-order valence-electron chi connectivity index (χ0n) is 20.4. The zero-order chi connectivity index (χ0) is 25.9. The van der Waals surface area contributed by atoms with Gasteiger partial charge in [-0.1, -0.05) is 29.8 Å². The maximum atomic E-state index is 13.4. The van der Waals surface area contributed by atoms with Crippen LogP contribution in [0, 0.1) is 0 Å². The topological polar surface area (TPSA) is 67.2 Å². The van der Waals surface area contributed by atoms with Gasteiger partial charge in [-0.15, -0.1) is 0 Å². The number of methoxy groups -OCH3 is 1. The van der Waals surface area contributed by atoms with Crippen molar-refractivity contribution in [2.75, 3.05) is 30.4 Å². The molecule has 0 spiro atoms. The van der Waals surface area contributed by atoms with Crippen molar-refractivity contribution in [3.05, 3.63) is 64.4 Å². The van der Waals surface area contributed by atoms with Gasteiger partial charge in [0.15, 0.2) is 5.82 Å². The lowest BCUT2D eigenvalue weighted by Gasteiger charge is -2.36. The van der Waals surface area contributed by atoms with Crippen molar-refractivity contribution in [1.82, 2.24) is 20.1 Å². The Hall–Kier alpha value is -2.98. The summed E-state index contributed by atoms with van der Waals surface area (Å²) in [6.45, 7) is 3.65. The Labute approximate surface area is 213 Å². The van der Waals surface area contributed by atoms with Gasteiger partial charge in [0.05, 0.1) is 17.7 Å². The molecule has 1 fully saturated rings. The van der Waals surface area contributed by atoms with Gasteiger partial charge in [-0.25, -0.2) is 4.98 Å². The number of ether oxygens (including phenoxy) is 1. The second kappa shape index (κ2) is 11.0. The molecule has 1 saturated heterocycles. The van der Waals surface area contributed by atoms with Gasteiger partial charge in [0.2, 0.25) is 5.88 Å². The lowest BCUT2D eigenvalue weighted by atomic mass is 10.0. The molecule has 1 aromatic carbocycles. The summed E-state index contributed by atoms with van der Waals surface area (Å²) in [6, 6.07) is 7.56. The second-order valence-electron chi connectivity index (χ2n) is 8.92. The number of halogens is 4. The third kappa shape index (κ3) is 5.87. The SMILES string of the molecule is COc1nccc(Cl)c1N1CCC(NC(C)c2cn(C)nc2NCc2ccccc2C(F)(F)F)CC1. The predicted octanol–water partition coefficient (Wildman–Crippen LogP) is 5.43. The van der Waals surface area contributed by atoms with E-state index in [0.717, 1.165) is 43.2 Å². The van der Waals surface area contributed by atoms with E-state index in [1.54, 1.807) is 37.2 Å². The van der Waals surface area contributed by atoms with E-state index in [0.29, 0.717) is 16.7 Å². The van der Waals surface area contributed by atoms with E-state index in [9.17, 15) is 13.2 Å². The number of aromatic nitrogens is 3. The number of piperidine rings is 1. The predicted molar refractivity (Wildman–Crippen MR) is 135 cm³/mol. The average molecular weight is 523 g/mol. The molecule has 1 atom stereocenters. The van der Waals surface area contributed by atoms with E-state index in [1.807, 2.05) is 13.1 Å². The number of anilines is 2. The minimum Gasteiger partial charge on any atom is -0.479 e. The number of benzene rings is 1. The fourth-order valence-electron chi connectivity index (χ4n) is 4.65. The van der Waals surface area contributed by atoms with Crippen molar-refractivity contribution >= 4 is 23.1 Å². The summed E-state index contributed by atoms with van der Waals surface area (Å²) >= 11 is 6.41. The Bertz CT molecular complexity index is 1180. The molecule has 3 heterocycles. The van der Waals surface area contributed by atoms with Crippen molar-refractivity contribution in [2.45, 2.75) is 44.6 Å². The van der Waals surface area contributed by atoms with Crippen LogP contribution in [-0.2, 0) is 19.8 Å². The summed E-state index contributed by atoms with van der Waals surface area (Å²) in [5.74, 6) is 1.08. The zero-order valence-corrected chi connectivity index (χ0v) is 21.2. The molecule has 1 aliphatic rings. The molecule has 2 aromatic heterocycles. The van der Waals surface area contributed by atoms with Gasteiger partial charge >= 0.3 is 6.18 Å². The molecule has 1 unspecified atom stereocenters. The first-order valence-electron chi connectivity index (χ1n) is 11.8. The van der Waals surface area contributed by atoms with E-state index in [1.165, 1.54) is 12.1 Å². The lowest BCUT2D eigenvalue weighted by Crippen LogP contribution is -2.43. The van der Waals surface area contributed by atoms with E-state index in [2.05, 4.69) is 25.6 Å². The number of nitrogens with one attached hydrogen (secondary N) is 2. The van der Waals surface area contributed by atoms with Crippen LogP contribution in [0.2, 0.25) is 5.02 Å². The number of nitrogens with zero attached hydrogens (tertiary/aromatic N) is 4. The summed E-state index contributed by atoms with van der Waals surface area (Å²) in [4.78, 5) is 6.45. The van der Waals surface area contributed by atoms with Crippen LogP contribution in [-0.4, -0.2) is 41.0 Å². The van der Waals surface area contributed by atoms with Crippen molar-refractivity contribution in [1.29, 1.82) is 0 Å². The minimum atomic E-state index is -4.40. The van der Waals surface area contributed by atoms with Crippen LogP contribution in [0.4, 0.5) is 24.7 Å². The summed E-state index contributed by atoms with van der Waals surface area (Å²) < 4.78 is 47.2. The largest absolute Gasteiger partial charge is 0.479 e. The van der Waals surface area contributed by atoms with Crippen LogP contribution >= 0.6 is 11.6 Å². The molecule has 4 rings (SSSR count). The molecule has 3 aromatic rings. The molecule has 1 aliphatic heterocycles. The maximum absolute atomic E-state index is 13.4. The van der Waals surface area contributed by atoms with Crippen LogP contribution in [0.1, 0.15) is 42.5 Å². The maximum Gasteiger partial charge on any atom is 0.416 e. The highest BCUT2D eigenvalue weighted by Crippen LogP contribution is 2.36. The Morgan fingerprint density at radius 3 is 2.61 bits per heavy atom. The summed E-state index contributed by atoms with van der Waals surface area (Å²) in [5, 5.41) is 11.8. The van der Waals surface area contributed by atoms with E-state index in [-0.39, 0.29) is 24.2 Å². The number of hydrogen-bond acceptors (Lipinski definition) is 6. The van der Waals surface area contributed by atoms with Gasteiger partial charge in [-0.2, -0.15) is 18.3 Å². The molecule has 0 radical (unpaired) electrons. The molecular weight excluding hydrogens is 493 g/mol. The average Bonchev–Trinajstić information content (AvgIpc) is 3.23. The number of pyridine rings is 1. The molecule has 0 aliphatic carbocycles. The molecular formula is C25H30ClF3N6O. The lowest BCUT2D eigenvalue weighted by molar-refractivity contribution is -0.138. The van der Waals surface area contributed by atoms with Crippen LogP contribution < -0.4 is 20.3 Å². The van der Waals surface area contributed by atoms with Crippen molar-refractivity contribution in [3.63, 3.8) is 0 Å². The number of aryl methyl sites for hydroxylation is 1. The third-order valence-electron chi connectivity index (χ3n) is 6.42. The highest BCUT2D eigenvalue weighted by atomic mass is 35.5. The standard InChI is InChI=1S/C25H30ClF3N6O/c1-16(32-18-9-12-35(13-10-18)22-21(26)8-11-30-24(22)36-3)19-15-34(2)33-23(19)31-14-17-6-4-5-7-20(17)25(27,28)29/h4-8,11,15-16,18,32H,9-10,12-14H2,1-3H3,(H,31,33).